The molecule has 0 fully saturated rings. The molecule has 0 saturated heterocycles. The Morgan fingerprint density at radius 3 is 2.30 bits per heavy atom. The van der Waals surface area contributed by atoms with E-state index in [4.69, 9.17) is 4.74 Å². The number of esters is 1. The fourth-order valence-electron chi connectivity index (χ4n) is 3.08. The lowest BCUT2D eigenvalue weighted by Crippen LogP contribution is -2.21. The number of ether oxygens (including phenoxy) is 1. The standard InChI is InChI=1S/C23H18F3N3O4/c1-32-22(31)20(29-33-2)16-11-7-6-10-15(16)12-18(30)17-13-27-19(14-8-4-3-5-9-14)21(28-17)23(24,25)26/h3-11,13H,12H2,1-2H3. The van der Waals surface area contributed by atoms with Gasteiger partial charge in [-0.1, -0.05) is 59.8 Å². The zero-order chi connectivity index (χ0) is 24.0. The number of ketones is 1. The number of benzene rings is 2. The fourth-order valence-corrected chi connectivity index (χ4v) is 3.08. The predicted molar refractivity (Wildman–Crippen MR) is 113 cm³/mol. The summed E-state index contributed by atoms with van der Waals surface area (Å²) in [6, 6.07) is 14.0. The Morgan fingerprint density at radius 2 is 1.67 bits per heavy atom. The number of Topliss-reactive ketones (excluding diaryl/α,β-unsaturated/α-hetero) is 1. The van der Waals surface area contributed by atoms with Crippen molar-refractivity contribution in [2.45, 2.75) is 12.6 Å². The van der Waals surface area contributed by atoms with Crippen LogP contribution < -0.4 is 0 Å². The molecule has 0 spiro atoms. The molecule has 0 N–H and O–H groups in total. The van der Waals surface area contributed by atoms with Gasteiger partial charge in [-0.15, -0.1) is 0 Å². The Bertz CT molecular complexity index is 1200. The lowest BCUT2D eigenvalue weighted by Gasteiger charge is -2.13. The molecule has 0 aliphatic rings. The second kappa shape index (κ2) is 10.0. The molecule has 170 valence electrons. The average molecular weight is 457 g/mol. The lowest BCUT2D eigenvalue weighted by atomic mass is 9.97. The van der Waals surface area contributed by atoms with Crippen molar-refractivity contribution in [1.29, 1.82) is 0 Å². The number of alkyl halides is 3. The van der Waals surface area contributed by atoms with Crippen molar-refractivity contribution in [1.82, 2.24) is 9.97 Å². The number of carbonyl (C=O) groups excluding carboxylic acids is 2. The highest BCUT2D eigenvalue weighted by Crippen LogP contribution is 2.34. The first-order valence-corrected chi connectivity index (χ1v) is 9.56. The van der Waals surface area contributed by atoms with E-state index in [1.54, 1.807) is 30.3 Å². The van der Waals surface area contributed by atoms with E-state index in [1.165, 1.54) is 31.4 Å². The molecule has 3 aromatic rings. The third-order valence-corrected chi connectivity index (χ3v) is 4.56. The van der Waals surface area contributed by atoms with Crippen molar-refractivity contribution in [3.05, 3.63) is 83.3 Å². The van der Waals surface area contributed by atoms with Crippen molar-refractivity contribution < 1.29 is 32.3 Å². The molecule has 0 saturated carbocycles. The van der Waals surface area contributed by atoms with Crippen LogP contribution in [0.25, 0.3) is 11.3 Å². The molecule has 10 heteroatoms. The van der Waals surface area contributed by atoms with E-state index in [2.05, 4.69) is 20.0 Å². The predicted octanol–water partition coefficient (Wildman–Crippen LogP) is 4.11. The molecule has 0 radical (unpaired) electrons. The number of hydrogen-bond donors (Lipinski definition) is 0. The number of aromatic nitrogens is 2. The van der Waals surface area contributed by atoms with Crippen LogP contribution in [-0.4, -0.2) is 41.7 Å². The highest BCUT2D eigenvalue weighted by atomic mass is 19.4. The minimum absolute atomic E-state index is 0.190. The SMILES string of the molecule is CON=C(C(=O)OC)c1ccccc1CC(=O)c1cnc(-c2ccccc2)c(C(F)(F)F)n1. The third kappa shape index (κ3) is 5.40. The molecule has 2 aromatic carbocycles. The van der Waals surface area contributed by atoms with Crippen LogP contribution in [0, 0.1) is 0 Å². The number of carbonyl (C=O) groups is 2. The van der Waals surface area contributed by atoms with Crippen molar-refractivity contribution in [2.75, 3.05) is 14.2 Å². The third-order valence-electron chi connectivity index (χ3n) is 4.56. The van der Waals surface area contributed by atoms with Gasteiger partial charge in [0.05, 0.1) is 13.3 Å². The lowest BCUT2D eigenvalue weighted by molar-refractivity contribution is -0.141. The number of oxime groups is 1. The molecule has 0 unspecified atom stereocenters. The summed E-state index contributed by atoms with van der Waals surface area (Å²) in [6.07, 6.45) is -4.17. The van der Waals surface area contributed by atoms with Crippen LogP contribution in [0.2, 0.25) is 0 Å². The van der Waals surface area contributed by atoms with Crippen molar-refractivity contribution >= 4 is 17.5 Å². The summed E-state index contributed by atoms with van der Waals surface area (Å²) in [7, 11) is 2.39. The molecule has 0 amide bonds. The molecule has 0 bridgehead atoms. The number of halogens is 3. The van der Waals surface area contributed by atoms with Gasteiger partial charge in [0.25, 0.3) is 0 Å². The van der Waals surface area contributed by atoms with Crippen LogP contribution >= 0.6 is 0 Å². The van der Waals surface area contributed by atoms with Gasteiger partial charge in [-0.2, -0.15) is 13.2 Å². The maximum absolute atomic E-state index is 13.7. The second-order valence-electron chi connectivity index (χ2n) is 6.69. The average Bonchev–Trinajstić information content (AvgIpc) is 2.82. The summed E-state index contributed by atoms with van der Waals surface area (Å²) < 4.78 is 45.8. The van der Waals surface area contributed by atoms with Crippen LogP contribution in [0.4, 0.5) is 13.2 Å². The van der Waals surface area contributed by atoms with Gasteiger partial charge in [0, 0.05) is 17.5 Å². The molecule has 3 rings (SSSR count). The second-order valence-corrected chi connectivity index (χ2v) is 6.69. The van der Waals surface area contributed by atoms with Crippen LogP contribution in [0.3, 0.4) is 0 Å². The van der Waals surface area contributed by atoms with E-state index in [0.29, 0.717) is 5.56 Å². The maximum atomic E-state index is 13.7. The van der Waals surface area contributed by atoms with Gasteiger partial charge >= 0.3 is 12.1 Å². The molecule has 7 nitrogen and oxygen atoms in total. The van der Waals surface area contributed by atoms with Crippen molar-refractivity contribution in [3.8, 4) is 11.3 Å². The van der Waals surface area contributed by atoms with Gasteiger partial charge < -0.3 is 9.57 Å². The summed E-state index contributed by atoms with van der Waals surface area (Å²) in [5, 5.41) is 3.65. The minimum atomic E-state index is -4.82. The van der Waals surface area contributed by atoms with Gasteiger partial charge in [-0.3, -0.25) is 9.78 Å². The van der Waals surface area contributed by atoms with E-state index < -0.39 is 29.3 Å². The number of nitrogens with zero attached hydrogens (tertiary/aromatic N) is 3. The normalized spacial score (nSPS) is 11.7. The highest BCUT2D eigenvalue weighted by Gasteiger charge is 2.37. The Kier molecular flexibility index (Phi) is 7.17. The summed E-state index contributed by atoms with van der Waals surface area (Å²) >= 11 is 0. The van der Waals surface area contributed by atoms with Gasteiger partial charge in [0.15, 0.2) is 17.2 Å². The quantitative estimate of drug-likeness (QED) is 0.230. The smallest absolute Gasteiger partial charge is 0.435 e. The topological polar surface area (TPSA) is 90.7 Å². The molecular weight excluding hydrogens is 439 g/mol. The summed E-state index contributed by atoms with van der Waals surface area (Å²) in [6.45, 7) is 0. The molecular formula is C23H18F3N3O4. The van der Waals surface area contributed by atoms with Crippen LogP contribution in [0.15, 0.2) is 65.9 Å². The van der Waals surface area contributed by atoms with E-state index >= 15 is 0 Å². The summed E-state index contributed by atoms with van der Waals surface area (Å²) in [5.41, 5.74) is -1.50. The number of methoxy groups -OCH3 is 1. The van der Waals surface area contributed by atoms with Crippen molar-refractivity contribution in [3.63, 3.8) is 0 Å². The molecule has 0 aliphatic carbocycles. The molecule has 1 heterocycles. The van der Waals surface area contributed by atoms with Gasteiger partial charge in [-0.05, 0) is 5.56 Å². The number of hydrogen-bond acceptors (Lipinski definition) is 7. The van der Waals surface area contributed by atoms with Crippen LogP contribution in [0.5, 0.6) is 0 Å². The monoisotopic (exact) mass is 457 g/mol. The van der Waals surface area contributed by atoms with E-state index in [1.807, 2.05) is 0 Å². The van der Waals surface area contributed by atoms with Crippen molar-refractivity contribution in [2.24, 2.45) is 5.16 Å². The fraction of sp³-hybridized carbons (Fsp3) is 0.174. The van der Waals surface area contributed by atoms with Gasteiger partial charge in [0.1, 0.15) is 18.5 Å². The van der Waals surface area contributed by atoms with Gasteiger partial charge in [0.2, 0.25) is 0 Å². The Balaban J connectivity index is 2.00. The van der Waals surface area contributed by atoms with Crippen LogP contribution in [0.1, 0.15) is 27.3 Å². The molecule has 0 aliphatic heterocycles. The largest absolute Gasteiger partial charge is 0.464 e. The molecule has 33 heavy (non-hydrogen) atoms. The zero-order valence-corrected chi connectivity index (χ0v) is 17.6. The van der Waals surface area contributed by atoms with E-state index in [9.17, 15) is 22.8 Å². The van der Waals surface area contributed by atoms with Gasteiger partial charge in [-0.25, -0.2) is 9.78 Å². The maximum Gasteiger partial charge on any atom is 0.435 e. The number of rotatable bonds is 7. The zero-order valence-electron chi connectivity index (χ0n) is 17.6. The minimum Gasteiger partial charge on any atom is -0.464 e. The summed E-state index contributed by atoms with van der Waals surface area (Å²) in [4.78, 5) is 37.1. The Morgan fingerprint density at radius 1 is 1.00 bits per heavy atom. The molecule has 0 atom stereocenters. The first-order chi connectivity index (χ1) is 15.8. The summed E-state index contributed by atoms with van der Waals surface area (Å²) in [5.74, 6) is -1.52. The molecule has 1 aromatic heterocycles. The van der Waals surface area contributed by atoms with E-state index in [0.717, 1.165) is 13.3 Å². The highest BCUT2D eigenvalue weighted by molar-refractivity contribution is 6.43. The van der Waals surface area contributed by atoms with E-state index in [-0.39, 0.29) is 29.0 Å². The van der Waals surface area contributed by atoms with Crippen LogP contribution in [-0.2, 0) is 27.0 Å². The first-order valence-electron chi connectivity index (χ1n) is 9.56. The Hall–Kier alpha value is -4.08. The first kappa shape index (κ1) is 23.6. The Labute approximate surface area is 186 Å².